The van der Waals surface area contributed by atoms with Crippen LogP contribution in [0.4, 0.5) is 0 Å². The lowest BCUT2D eigenvalue weighted by Crippen LogP contribution is -2.17. The van der Waals surface area contributed by atoms with Crippen molar-refractivity contribution in [2.45, 2.75) is 38.7 Å². The van der Waals surface area contributed by atoms with E-state index in [4.69, 9.17) is 9.66 Å². The molecule has 0 aliphatic heterocycles. The minimum absolute atomic E-state index is 0.0317. The van der Waals surface area contributed by atoms with Gasteiger partial charge in [0.1, 0.15) is 5.78 Å². The van der Waals surface area contributed by atoms with Crippen LogP contribution in [0.2, 0.25) is 0 Å². The highest BCUT2D eigenvalue weighted by atomic mass is 32.3. The van der Waals surface area contributed by atoms with Crippen LogP contribution in [-0.2, 0) is 24.2 Å². The summed E-state index contributed by atoms with van der Waals surface area (Å²) < 4.78 is 33.7. The smallest absolute Gasteiger partial charge is 0.397 e. The van der Waals surface area contributed by atoms with Gasteiger partial charge in [-0.3, -0.25) is 14.1 Å². The van der Waals surface area contributed by atoms with Crippen LogP contribution in [0, 0.1) is 11.8 Å². The topological polar surface area (TPSA) is 118 Å². The lowest BCUT2D eigenvalue weighted by molar-refractivity contribution is -0.138. The highest BCUT2D eigenvalue weighted by Crippen LogP contribution is 2.34. The van der Waals surface area contributed by atoms with E-state index in [0.29, 0.717) is 19.3 Å². The van der Waals surface area contributed by atoms with Crippen molar-refractivity contribution in [3.8, 4) is 0 Å². The molecule has 0 amide bonds. The molecule has 1 aliphatic rings. The molecule has 0 spiro atoms. The molecular formula is C12H18O7S. The SMILES string of the molecule is CC(C=CCC1C(=O)CCC1CC(=O)O)OS(=O)(=O)O. The predicted molar refractivity (Wildman–Crippen MR) is 69.3 cm³/mol. The molecule has 114 valence electrons. The van der Waals surface area contributed by atoms with Crippen LogP contribution in [0.25, 0.3) is 0 Å². The first-order valence-corrected chi connectivity index (χ1v) is 7.62. The number of carboxylic acid groups (broad SMARTS) is 1. The van der Waals surface area contributed by atoms with Crippen molar-refractivity contribution in [1.82, 2.24) is 0 Å². The number of Topliss-reactive ketones (excluding diaryl/α,β-unsaturated/α-hetero) is 1. The minimum atomic E-state index is -4.51. The monoisotopic (exact) mass is 306 g/mol. The molecule has 1 saturated carbocycles. The Hall–Kier alpha value is -1.25. The van der Waals surface area contributed by atoms with Crippen LogP contribution in [0.5, 0.6) is 0 Å². The van der Waals surface area contributed by atoms with E-state index < -0.39 is 22.5 Å². The lowest BCUT2D eigenvalue weighted by atomic mass is 9.89. The second-order valence-electron chi connectivity index (χ2n) is 4.86. The summed E-state index contributed by atoms with van der Waals surface area (Å²) in [7, 11) is -4.51. The van der Waals surface area contributed by atoms with E-state index in [-0.39, 0.29) is 24.0 Å². The summed E-state index contributed by atoms with van der Waals surface area (Å²) in [5.41, 5.74) is 0. The first kappa shape index (κ1) is 16.8. The Morgan fingerprint density at radius 1 is 1.55 bits per heavy atom. The maximum absolute atomic E-state index is 11.7. The van der Waals surface area contributed by atoms with Crippen LogP contribution in [-0.4, -0.2) is 35.9 Å². The van der Waals surface area contributed by atoms with Gasteiger partial charge in [0.25, 0.3) is 0 Å². The molecule has 0 heterocycles. The summed E-state index contributed by atoms with van der Waals surface area (Å²) in [6.07, 6.45) is 3.40. The molecule has 0 saturated heterocycles. The zero-order valence-electron chi connectivity index (χ0n) is 11.1. The van der Waals surface area contributed by atoms with Crippen molar-refractivity contribution >= 4 is 22.2 Å². The maximum atomic E-state index is 11.7. The third kappa shape index (κ3) is 5.81. The van der Waals surface area contributed by atoms with E-state index in [1.54, 1.807) is 6.08 Å². The van der Waals surface area contributed by atoms with E-state index in [2.05, 4.69) is 4.18 Å². The van der Waals surface area contributed by atoms with Crippen molar-refractivity contribution in [2.24, 2.45) is 11.8 Å². The van der Waals surface area contributed by atoms with Crippen LogP contribution in [0.15, 0.2) is 12.2 Å². The molecule has 20 heavy (non-hydrogen) atoms. The second kappa shape index (κ2) is 6.96. The molecule has 0 aromatic rings. The van der Waals surface area contributed by atoms with E-state index >= 15 is 0 Å². The Balaban J connectivity index is 2.53. The van der Waals surface area contributed by atoms with Crippen molar-refractivity contribution in [3.63, 3.8) is 0 Å². The van der Waals surface area contributed by atoms with Gasteiger partial charge in [-0.1, -0.05) is 12.2 Å². The average Bonchev–Trinajstić information content (AvgIpc) is 2.58. The summed E-state index contributed by atoms with van der Waals surface area (Å²) in [4.78, 5) is 22.4. The van der Waals surface area contributed by atoms with E-state index in [9.17, 15) is 18.0 Å². The van der Waals surface area contributed by atoms with Crippen LogP contribution >= 0.6 is 0 Å². The molecule has 0 bridgehead atoms. The molecular weight excluding hydrogens is 288 g/mol. The number of allylic oxidation sites excluding steroid dienone is 1. The van der Waals surface area contributed by atoms with Gasteiger partial charge >= 0.3 is 16.4 Å². The largest absolute Gasteiger partial charge is 0.481 e. The summed E-state index contributed by atoms with van der Waals surface area (Å²) in [6.45, 7) is 1.43. The number of carbonyl (C=O) groups excluding carboxylic acids is 1. The Kier molecular flexibility index (Phi) is 5.85. The number of carbonyl (C=O) groups is 2. The van der Waals surface area contributed by atoms with Gasteiger partial charge in [-0.2, -0.15) is 8.42 Å². The first-order valence-electron chi connectivity index (χ1n) is 6.26. The molecule has 1 aliphatic carbocycles. The van der Waals surface area contributed by atoms with Gasteiger partial charge in [-0.15, -0.1) is 0 Å². The molecule has 1 rings (SSSR count). The van der Waals surface area contributed by atoms with E-state index in [1.165, 1.54) is 13.0 Å². The van der Waals surface area contributed by atoms with Gasteiger partial charge in [-0.05, 0) is 25.7 Å². The molecule has 0 radical (unpaired) electrons. The maximum Gasteiger partial charge on any atom is 0.397 e. The third-order valence-corrected chi connectivity index (χ3v) is 3.80. The molecule has 2 N–H and O–H groups in total. The van der Waals surface area contributed by atoms with Crippen LogP contribution in [0.1, 0.15) is 32.6 Å². The molecule has 3 unspecified atom stereocenters. The van der Waals surface area contributed by atoms with Crippen molar-refractivity contribution < 1.29 is 31.8 Å². The Labute approximate surface area is 117 Å². The highest BCUT2D eigenvalue weighted by molar-refractivity contribution is 7.80. The minimum Gasteiger partial charge on any atom is -0.481 e. The number of aliphatic carboxylic acids is 1. The van der Waals surface area contributed by atoms with Gasteiger partial charge in [0.2, 0.25) is 0 Å². The molecule has 1 fully saturated rings. The number of hydrogen-bond acceptors (Lipinski definition) is 5. The van der Waals surface area contributed by atoms with Gasteiger partial charge < -0.3 is 5.11 Å². The molecule has 3 atom stereocenters. The molecule has 0 aromatic heterocycles. The van der Waals surface area contributed by atoms with Crippen LogP contribution < -0.4 is 0 Å². The molecule has 0 aromatic carbocycles. The summed E-state index contributed by atoms with van der Waals surface area (Å²) in [6, 6.07) is 0. The van der Waals surface area contributed by atoms with Crippen molar-refractivity contribution in [2.75, 3.05) is 0 Å². The number of ketones is 1. The summed E-state index contributed by atoms with van der Waals surface area (Å²) in [5.74, 6) is -1.42. The van der Waals surface area contributed by atoms with Gasteiger partial charge in [0.15, 0.2) is 0 Å². The van der Waals surface area contributed by atoms with Gasteiger partial charge in [-0.25, -0.2) is 4.18 Å². The summed E-state index contributed by atoms with van der Waals surface area (Å²) >= 11 is 0. The number of hydrogen-bond donors (Lipinski definition) is 2. The zero-order chi connectivity index (χ0) is 15.3. The first-order chi connectivity index (χ1) is 9.19. The van der Waals surface area contributed by atoms with E-state index in [1.807, 2.05) is 0 Å². The normalized spacial score (nSPS) is 25.2. The van der Waals surface area contributed by atoms with Crippen LogP contribution in [0.3, 0.4) is 0 Å². The quantitative estimate of drug-likeness (QED) is 0.536. The second-order valence-corrected chi connectivity index (χ2v) is 5.91. The van der Waals surface area contributed by atoms with E-state index in [0.717, 1.165) is 0 Å². The molecule has 7 nitrogen and oxygen atoms in total. The number of rotatable bonds is 7. The predicted octanol–water partition coefficient (Wildman–Crippen LogP) is 1.21. The van der Waals surface area contributed by atoms with Gasteiger partial charge in [0, 0.05) is 18.8 Å². The third-order valence-electron chi connectivity index (χ3n) is 3.25. The Morgan fingerprint density at radius 2 is 2.20 bits per heavy atom. The van der Waals surface area contributed by atoms with Crippen molar-refractivity contribution in [3.05, 3.63) is 12.2 Å². The van der Waals surface area contributed by atoms with Crippen molar-refractivity contribution in [1.29, 1.82) is 0 Å². The lowest BCUT2D eigenvalue weighted by Gasteiger charge is -2.14. The fourth-order valence-corrected chi connectivity index (χ4v) is 2.86. The Morgan fingerprint density at radius 3 is 2.75 bits per heavy atom. The Bertz CT molecular complexity index is 494. The highest BCUT2D eigenvalue weighted by Gasteiger charge is 2.34. The summed E-state index contributed by atoms with van der Waals surface area (Å²) in [5, 5.41) is 8.78. The number of carboxylic acids is 1. The van der Waals surface area contributed by atoms with Gasteiger partial charge in [0.05, 0.1) is 6.10 Å². The fourth-order valence-electron chi connectivity index (χ4n) is 2.41. The molecule has 8 heteroatoms. The average molecular weight is 306 g/mol. The fraction of sp³-hybridized carbons (Fsp3) is 0.667. The zero-order valence-corrected chi connectivity index (χ0v) is 11.9. The standard InChI is InChI=1S/C12H18O7S/c1-8(19-20(16,17)18)3-2-4-10-9(7-12(14)15)5-6-11(10)13/h2-3,8-10H,4-7H2,1H3,(H,14,15)(H,16,17,18).